The smallest absolute Gasteiger partial charge is 0.145 e. The molecule has 6 rings (SSSR count). The number of rotatable bonds is 12. The second kappa shape index (κ2) is 18.7. The molecule has 2 heterocycles. The van der Waals surface area contributed by atoms with E-state index in [1.54, 1.807) is 58.4 Å². The first-order valence-corrected chi connectivity index (χ1v) is 16.9. The maximum Gasteiger partial charge on any atom is 0.145 e. The lowest BCUT2D eigenvalue weighted by Gasteiger charge is -2.10. The average Bonchev–Trinajstić information content (AvgIpc) is 3.82. The van der Waals surface area contributed by atoms with Crippen molar-refractivity contribution in [3.63, 3.8) is 0 Å². The van der Waals surface area contributed by atoms with Gasteiger partial charge in [0, 0.05) is 41.8 Å². The molecule has 0 unspecified atom stereocenters. The highest BCUT2D eigenvalue weighted by molar-refractivity contribution is 6.37. The largest absolute Gasteiger partial charge is 0.391 e. The van der Waals surface area contributed by atoms with Crippen LogP contribution >= 0.6 is 69.6 Å². The Morgan fingerprint density at radius 2 is 1.12 bits per heavy atom. The van der Waals surface area contributed by atoms with Crippen LogP contribution in [-0.2, 0) is 36.0 Å². The van der Waals surface area contributed by atoms with Gasteiger partial charge in [-0.3, -0.25) is 0 Å². The van der Waals surface area contributed by atoms with Crippen molar-refractivity contribution in [1.29, 1.82) is 0 Å². The minimum absolute atomic E-state index is 0.116. The Kier molecular flexibility index (Phi) is 13.9. The Labute approximate surface area is 317 Å². The predicted octanol–water partition coefficient (Wildman–Crippen LogP) is 9.72. The monoisotopic (exact) mass is 788 g/mol. The van der Waals surface area contributed by atoms with E-state index in [1.165, 1.54) is 12.7 Å². The van der Waals surface area contributed by atoms with E-state index in [0.717, 1.165) is 16.8 Å². The third-order valence-electron chi connectivity index (χ3n) is 6.74. The van der Waals surface area contributed by atoms with E-state index >= 15 is 0 Å². The molecule has 0 aliphatic rings. The lowest BCUT2D eigenvalue weighted by molar-refractivity contribution is 0.130. The number of benzene rings is 4. The molecule has 0 amide bonds. The lowest BCUT2D eigenvalue weighted by Crippen LogP contribution is -2.13. The summed E-state index contributed by atoms with van der Waals surface area (Å²) in [6, 6.07) is 25.2. The fourth-order valence-electron chi connectivity index (χ4n) is 4.25. The van der Waals surface area contributed by atoms with Gasteiger partial charge in [-0.1, -0.05) is 110 Å². The van der Waals surface area contributed by atoms with Crippen LogP contribution in [0.15, 0.2) is 121 Å². The molecule has 10 nitrogen and oxygen atoms in total. The second-order valence-corrected chi connectivity index (χ2v) is 12.8. The van der Waals surface area contributed by atoms with E-state index in [0.29, 0.717) is 66.7 Å². The quantitative estimate of drug-likeness (QED) is 0.0904. The maximum absolute atomic E-state index is 6.30. The Morgan fingerprint density at radius 3 is 1.70 bits per heavy atom. The van der Waals surface area contributed by atoms with Crippen LogP contribution < -0.4 is 0 Å². The highest BCUT2D eigenvalue weighted by Crippen LogP contribution is 2.26. The van der Waals surface area contributed by atoms with Gasteiger partial charge in [0.1, 0.15) is 49.9 Å². The molecule has 0 bridgehead atoms. The molecule has 0 aliphatic carbocycles. The number of hydrogen-bond acceptors (Lipinski definition) is 8. The first kappa shape index (κ1) is 37.1. The van der Waals surface area contributed by atoms with E-state index < -0.39 is 0 Å². The van der Waals surface area contributed by atoms with Crippen LogP contribution in [0.2, 0.25) is 30.1 Å². The molecule has 0 saturated carbocycles. The van der Waals surface area contributed by atoms with E-state index in [1.807, 2.05) is 48.5 Å². The van der Waals surface area contributed by atoms with Crippen LogP contribution in [0.5, 0.6) is 0 Å². The van der Waals surface area contributed by atoms with Gasteiger partial charge in [0.05, 0.1) is 18.1 Å². The molecule has 0 atom stereocenters. The van der Waals surface area contributed by atoms with Gasteiger partial charge in [0.15, 0.2) is 0 Å². The lowest BCUT2D eigenvalue weighted by atomic mass is 10.1. The van der Waals surface area contributed by atoms with E-state index in [2.05, 4.69) is 30.5 Å². The third kappa shape index (κ3) is 11.2. The van der Waals surface area contributed by atoms with Crippen molar-refractivity contribution in [2.45, 2.75) is 26.3 Å². The Morgan fingerprint density at radius 1 is 0.580 bits per heavy atom. The van der Waals surface area contributed by atoms with Crippen molar-refractivity contribution < 1.29 is 9.68 Å². The Bertz CT molecular complexity index is 2000. The van der Waals surface area contributed by atoms with E-state index in [-0.39, 0.29) is 6.61 Å². The molecule has 0 spiro atoms. The fraction of sp³-hybridized carbons (Fsp3) is 0.118. The Balaban J connectivity index is 0.000000195. The first-order valence-electron chi connectivity index (χ1n) is 14.7. The normalized spacial score (nSPS) is 11.6. The van der Waals surface area contributed by atoms with Gasteiger partial charge in [-0.2, -0.15) is 10.2 Å². The SMILES string of the molecule is Clc1ccc(C(Cn2cncn2)=NOCc2c(Cl)cccc2Cl)c(Cl)c1.Clc1ccc(CON=C(Cn2cncn2)c2ccc(Cl)cc2)cc1. The summed E-state index contributed by atoms with van der Waals surface area (Å²) in [5.41, 5.74) is 4.51. The fourth-order valence-corrected chi connectivity index (χ4v) is 5.52. The van der Waals surface area contributed by atoms with Crippen LogP contribution in [0.4, 0.5) is 0 Å². The van der Waals surface area contributed by atoms with Crippen LogP contribution in [0, 0.1) is 0 Å². The number of hydrogen-bond donors (Lipinski definition) is 0. The molecule has 2 aromatic heterocycles. The van der Waals surface area contributed by atoms with Crippen LogP contribution in [0.3, 0.4) is 0 Å². The molecule has 6 aromatic rings. The molecule has 0 N–H and O–H groups in total. The number of aromatic nitrogens is 6. The summed E-state index contributed by atoms with van der Waals surface area (Å²) in [6.07, 6.45) is 6.12. The van der Waals surface area contributed by atoms with Crippen molar-refractivity contribution >= 4 is 81.0 Å². The van der Waals surface area contributed by atoms with Gasteiger partial charge >= 0.3 is 0 Å². The highest BCUT2D eigenvalue weighted by Gasteiger charge is 2.13. The summed E-state index contributed by atoms with van der Waals surface area (Å²) in [4.78, 5) is 18.9. The summed E-state index contributed by atoms with van der Waals surface area (Å²) in [6.45, 7) is 1.23. The third-order valence-corrected chi connectivity index (χ3v) is 8.50. The minimum atomic E-state index is 0.116. The average molecular weight is 791 g/mol. The van der Waals surface area contributed by atoms with Gasteiger partial charge in [-0.15, -0.1) is 0 Å². The van der Waals surface area contributed by atoms with Crippen molar-refractivity contribution in [2.24, 2.45) is 10.3 Å². The van der Waals surface area contributed by atoms with E-state index in [4.69, 9.17) is 79.3 Å². The highest BCUT2D eigenvalue weighted by atomic mass is 35.5. The standard InChI is InChI=1S/C17H12Cl4N4O.C17H14Cl2N4O/c18-11-4-5-12(16(21)6-11)17(7-25-10-22-9-23-25)24-26-8-13-14(19)2-1-3-15(13)20;18-15-5-1-13(2-6-15)10-24-22-17(9-23-12-20-11-21-23)14-3-7-16(19)8-4-14/h1-6,9-10H,7-8H2;1-8,11-12H,9-10H2. The Hall–Kier alpha value is -4.16. The van der Waals surface area contributed by atoms with Gasteiger partial charge in [-0.25, -0.2) is 19.3 Å². The molecule has 16 heteroatoms. The molecule has 256 valence electrons. The van der Waals surface area contributed by atoms with Gasteiger partial charge < -0.3 is 9.68 Å². The van der Waals surface area contributed by atoms with Crippen molar-refractivity contribution in [1.82, 2.24) is 29.5 Å². The van der Waals surface area contributed by atoms with Crippen molar-refractivity contribution in [3.05, 3.63) is 163 Å². The summed E-state index contributed by atoms with van der Waals surface area (Å²) in [5.74, 6) is 0. The van der Waals surface area contributed by atoms with Crippen LogP contribution in [-0.4, -0.2) is 41.0 Å². The number of halogens is 6. The molecule has 4 aromatic carbocycles. The zero-order valence-corrected chi connectivity index (χ0v) is 30.4. The molecule has 0 fully saturated rings. The van der Waals surface area contributed by atoms with Gasteiger partial charge in [-0.05, 0) is 60.2 Å². The summed E-state index contributed by atoms with van der Waals surface area (Å²) in [5, 5.41) is 20.0. The first-order chi connectivity index (χ1) is 24.2. The van der Waals surface area contributed by atoms with Crippen LogP contribution in [0.1, 0.15) is 22.3 Å². The molecule has 50 heavy (non-hydrogen) atoms. The topological polar surface area (TPSA) is 105 Å². The minimum Gasteiger partial charge on any atom is -0.391 e. The summed E-state index contributed by atoms with van der Waals surface area (Å²) in [7, 11) is 0. The summed E-state index contributed by atoms with van der Waals surface area (Å²) >= 11 is 36.4. The van der Waals surface area contributed by atoms with Crippen molar-refractivity contribution in [3.8, 4) is 0 Å². The number of oxime groups is 2. The molecule has 0 aliphatic heterocycles. The van der Waals surface area contributed by atoms with Gasteiger partial charge in [0.2, 0.25) is 0 Å². The zero-order chi connectivity index (χ0) is 35.3. The zero-order valence-electron chi connectivity index (χ0n) is 25.9. The van der Waals surface area contributed by atoms with Crippen LogP contribution in [0.25, 0.3) is 0 Å². The summed E-state index contributed by atoms with van der Waals surface area (Å²) < 4.78 is 3.29. The van der Waals surface area contributed by atoms with Crippen molar-refractivity contribution in [2.75, 3.05) is 0 Å². The second-order valence-electron chi connectivity index (χ2n) is 10.3. The predicted molar refractivity (Wildman–Crippen MR) is 199 cm³/mol. The molecule has 0 radical (unpaired) electrons. The molecule has 0 saturated heterocycles. The maximum atomic E-state index is 6.30. The van der Waals surface area contributed by atoms with Gasteiger partial charge in [0.25, 0.3) is 0 Å². The molecular weight excluding hydrogens is 765 g/mol. The number of nitrogens with zero attached hydrogens (tertiary/aromatic N) is 8. The van der Waals surface area contributed by atoms with E-state index in [9.17, 15) is 0 Å². The molecular formula is C34H26Cl6N8O2.